The van der Waals surface area contributed by atoms with Crippen molar-refractivity contribution in [3.63, 3.8) is 0 Å². The Morgan fingerprint density at radius 2 is 2.09 bits per heavy atom. The van der Waals surface area contributed by atoms with Crippen LogP contribution in [0, 0.1) is 5.92 Å². The topological polar surface area (TPSA) is 50.8 Å². The zero-order valence-electron chi connectivity index (χ0n) is 13.1. The molecule has 2 saturated heterocycles. The van der Waals surface area contributed by atoms with Crippen molar-refractivity contribution in [1.82, 2.24) is 10.2 Å². The van der Waals surface area contributed by atoms with Crippen LogP contribution in [0.2, 0.25) is 0 Å². The number of hydrogen-bond acceptors (Lipinski definition) is 4. The third-order valence-electron chi connectivity index (χ3n) is 4.90. The maximum Gasteiger partial charge on any atom is 0.227 e. The number of hydrogen-bond donors (Lipinski definition) is 1. The predicted molar refractivity (Wildman–Crippen MR) is 89.3 cm³/mol. The molecule has 6 heteroatoms. The number of amides is 1. The lowest BCUT2D eigenvalue weighted by molar-refractivity contribution is -0.135. The quantitative estimate of drug-likeness (QED) is 0.897. The minimum Gasteiger partial charge on any atom is -0.486 e. The summed E-state index contributed by atoms with van der Waals surface area (Å²) >= 11 is 0. The van der Waals surface area contributed by atoms with Gasteiger partial charge in [-0.15, -0.1) is 12.4 Å². The third-order valence-corrected chi connectivity index (χ3v) is 4.90. The molecule has 0 aromatic heterocycles. The Hall–Kier alpha value is -1.46. The zero-order valence-corrected chi connectivity index (χ0v) is 13.9. The van der Waals surface area contributed by atoms with Crippen molar-refractivity contribution in [2.75, 3.05) is 32.8 Å². The lowest BCUT2D eigenvalue weighted by atomic mass is 10.0. The summed E-state index contributed by atoms with van der Waals surface area (Å²) in [6.07, 6.45) is 3.02. The van der Waals surface area contributed by atoms with E-state index in [4.69, 9.17) is 9.47 Å². The van der Waals surface area contributed by atoms with Crippen molar-refractivity contribution >= 4 is 18.3 Å². The number of halogens is 1. The number of nitrogens with one attached hydrogen (secondary N) is 1. The van der Waals surface area contributed by atoms with E-state index in [-0.39, 0.29) is 24.4 Å². The van der Waals surface area contributed by atoms with Crippen LogP contribution in [0.15, 0.2) is 18.2 Å². The predicted octanol–water partition coefficient (Wildman–Crippen LogP) is 2.15. The molecule has 1 aromatic rings. The largest absolute Gasteiger partial charge is 0.486 e. The first kappa shape index (κ1) is 16.4. The van der Waals surface area contributed by atoms with E-state index in [0.717, 1.165) is 56.0 Å². The van der Waals surface area contributed by atoms with Crippen molar-refractivity contribution in [1.29, 1.82) is 0 Å². The second-order valence-corrected chi connectivity index (χ2v) is 6.25. The van der Waals surface area contributed by atoms with Gasteiger partial charge >= 0.3 is 0 Å². The lowest BCUT2D eigenvalue weighted by Crippen LogP contribution is -2.36. The molecule has 126 valence electrons. The van der Waals surface area contributed by atoms with Gasteiger partial charge in [-0.3, -0.25) is 4.79 Å². The Bertz CT molecular complexity index is 575. The van der Waals surface area contributed by atoms with Gasteiger partial charge in [-0.2, -0.15) is 0 Å². The van der Waals surface area contributed by atoms with Crippen molar-refractivity contribution in [3.05, 3.63) is 23.8 Å². The highest BCUT2D eigenvalue weighted by atomic mass is 35.5. The Labute approximate surface area is 142 Å². The molecule has 3 aliphatic rings. The van der Waals surface area contributed by atoms with Gasteiger partial charge < -0.3 is 19.7 Å². The van der Waals surface area contributed by atoms with Crippen molar-refractivity contribution in [2.24, 2.45) is 5.92 Å². The highest BCUT2D eigenvalue weighted by Crippen LogP contribution is 2.43. The van der Waals surface area contributed by atoms with E-state index in [1.165, 1.54) is 0 Å². The fourth-order valence-corrected chi connectivity index (χ4v) is 3.81. The van der Waals surface area contributed by atoms with Crippen LogP contribution in [-0.4, -0.2) is 43.7 Å². The molecular weight excluding hydrogens is 316 g/mol. The molecule has 0 radical (unpaired) electrons. The average molecular weight is 339 g/mol. The first-order valence-electron chi connectivity index (χ1n) is 8.24. The van der Waals surface area contributed by atoms with Gasteiger partial charge in [0.05, 0.1) is 12.0 Å². The second-order valence-electron chi connectivity index (χ2n) is 6.25. The van der Waals surface area contributed by atoms with Crippen molar-refractivity contribution in [2.45, 2.75) is 25.3 Å². The summed E-state index contributed by atoms with van der Waals surface area (Å²) in [5, 5.41) is 3.29. The van der Waals surface area contributed by atoms with Gasteiger partial charge in [-0.25, -0.2) is 0 Å². The van der Waals surface area contributed by atoms with Gasteiger partial charge in [0.25, 0.3) is 0 Å². The third kappa shape index (κ3) is 3.00. The summed E-state index contributed by atoms with van der Waals surface area (Å²) in [5.41, 5.74) is 1.11. The summed E-state index contributed by atoms with van der Waals surface area (Å²) in [5.74, 6) is 2.08. The van der Waals surface area contributed by atoms with Gasteiger partial charge in [-0.1, -0.05) is 12.1 Å². The molecule has 3 aliphatic heterocycles. The van der Waals surface area contributed by atoms with Crippen LogP contribution in [0.1, 0.15) is 30.9 Å². The zero-order chi connectivity index (χ0) is 14.9. The fraction of sp³-hybridized carbons (Fsp3) is 0.588. The minimum absolute atomic E-state index is 0. The molecule has 2 fully saturated rings. The number of carbonyl (C=O) groups is 1. The molecule has 23 heavy (non-hydrogen) atoms. The van der Waals surface area contributed by atoms with Crippen LogP contribution in [-0.2, 0) is 4.79 Å². The minimum atomic E-state index is 0. The van der Waals surface area contributed by atoms with Crippen LogP contribution in [0.5, 0.6) is 11.5 Å². The average Bonchev–Trinajstić information content (AvgIpc) is 3.25. The molecule has 0 spiro atoms. The van der Waals surface area contributed by atoms with Gasteiger partial charge in [0.2, 0.25) is 5.91 Å². The molecule has 5 nitrogen and oxygen atoms in total. The molecule has 2 atom stereocenters. The number of fused-ring (bicyclic) bond motifs is 1. The van der Waals surface area contributed by atoms with E-state index in [2.05, 4.69) is 16.3 Å². The smallest absolute Gasteiger partial charge is 0.227 e. The molecule has 2 unspecified atom stereocenters. The number of nitrogens with zero attached hydrogens (tertiary/aromatic N) is 1. The Morgan fingerprint density at radius 3 is 2.91 bits per heavy atom. The molecule has 0 aliphatic carbocycles. The van der Waals surface area contributed by atoms with E-state index in [9.17, 15) is 4.79 Å². The Balaban J connectivity index is 0.00000156. The maximum atomic E-state index is 12.8. The van der Waals surface area contributed by atoms with Crippen LogP contribution < -0.4 is 14.8 Å². The second kappa shape index (κ2) is 6.97. The normalized spacial score (nSPS) is 26.0. The van der Waals surface area contributed by atoms with Crippen LogP contribution >= 0.6 is 12.4 Å². The van der Waals surface area contributed by atoms with Gasteiger partial charge in [-0.05, 0) is 31.9 Å². The standard InChI is InChI=1S/C17H22N2O3.ClH/c20-17(12-6-7-18-11-12)19-8-2-4-14(19)13-3-1-5-15-16(13)22-10-9-21-15;/h1,3,5,12,14,18H,2,4,6-11H2;1H. The highest BCUT2D eigenvalue weighted by molar-refractivity contribution is 5.85. The highest BCUT2D eigenvalue weighted by Gasteiger charge is 2.37. The molecule has 0 bridgehead atoms. The van der Waals surface area contributed by atoms with Crippen LogP contribution in [0.4, 0.5) is 0 Å². The number of rotatable bonds is 2. The van der Waals surface area contributed by atoms with Gasteiger partial charge in [0, 0.05) is 18.7 Å². The van der Waals surface area contributed by atoms with Crippen LogP contribution in [0.25, 0.3) is 0 Å². The molecule has 0 saturated carbocycles. The number of likely N-dealkylation sites (tertiary alicyclic amines) is 1. The molecule has 1 aromatic carbocycles. The lowest BCUT2D eigenvalue weighted by Gasteiger charge is -2.30. The number of benzene rings is 1. The van der Waals surface area contributed by atoms with E-state index in [0.29, 0.717) is 19.1 Å². The summed E-state index contributed by atoms with van der Waals surface area (Å²) in [6.45, 7) is 3.79. The summed E-state index contributed by atoms with van der Waals surface area (Å²) in [7, 11) is 0. The van der Waals surface area contributed by atoms with Crippen molar-refractivity contribution in [3.8, 4) is 11.5 Å². The van der Waals surface area contributed by atoms with E-state index in [1.807, 2.05) is 12.1 Å². The molecular formula is C17H23ClN2O3. The van der Waals surface area contributed by atoms with Crippen molar-refractivity contribution < 1.29 is 14.3 Å². The van der Waals surface area contributed by atoms with E-state index < -0.39 is 0 Å². The number of para-hydroxylation sites is 1. The summed E-state index contributed by atoms with van der Waals surface area (Å²) in [4.78, 5) is 14.9. The Kier molecular flexibility index (Phi) is 4.97. The number of ether oxygens (including phenoxy) is 2. The maximum absolute atomic E-state index is 12.8. The van der Waals surface area contributed by atoms with E-state index in [1.54, 1.807) is 0 Å². The number of carbonyl (C=O) groups excluding carboxylic acids is 1. The van der Waals surface area contributed by atoms with Gasteiger partial charge in [0.1, 0.15) is 13.2 Å². The van der Waals surface area contributed by atoms with Crippen LogP contribution in [0.3, 0.4) is 0 Å². The molecule has 3 heterocycles. The first-order valence-corrected chi connectivity index (χ1v) is 8.24. The molecule has 1 N–H and O–H groups in total. The SMILES string of the molecule is Cl.O=C(C1CCNC1)N1CCCC1c1cccc2c1OCCO2. The molecule has 4 rings (SSSR count). The molecule has 1 amide bonds. The summed E-state index contributed by atoms with van der Waals surface area (Å²) < 4.78 is 11.5. The Morgan fingerprint density at radius 1 is 1.22 bits per heavy atom. The van der Waals surface area contributed by atoms with Gasteiger partial charge in [0.15, 0.2) is 11.5 Å². The van der Waals surface area contributed by atoms with E-state index >= 15 is 0 Å². The monoisotopic (exact) mass is 338 g/mol. The summed E-state index contributed by atoms with van der Waals surface area (Å²) in [6, 6.07) is 6.15. The fourth-order valence-electron chi connectivity index (χ4n) is 3.81. The first-order chi connectivity index (χ1) is 10.8.